The molecule has 1 heterocycles. The largest absolute Gasteiger partial charge is 0.503 e. The first-order valence-electron chi connectivity index (χ1n) is 9.65. The summed E-state index contributed by atoms with van der Waals surface area (Å²) in [7, 11) is 0. The molecule has 1 N–H and O–H groups in total. The molecule has 0 radical (unpaired) electrons. The van der Waals surface area contributed by atoms with Gasteiger partial charge < -0.3 is 10.0 Å². The summed E-state index contributed by atoms with van der Waals surface area (Å²) in [5.74, 6) is -0.971. The third-order valence-electron chi connectivity index (χ3n) is 5.34. The zero-order valence-electron chi connectivity index (χ0n) is 16.2. The minimum atomic E-state index is -0.463. The van der Waals surface area contributed by atoms with Crippen LogP contribution < -0.4 is 0 Å². The van der Waals surface area contributed by atoms with Crippen LogP contribution in [0.1, 0.15) is 28.3 Å². The van der Waals surface area contributed by atoms with E-state index in [2.05, 4.69) is 0 Å². The van der Waals surface area contributed by atoms with Crippen molar-refractivity contribution in [2.45, 2.75) is 19.4 Å². The first-order valence-corrected chi connectivity index (χ1v) is 9.65. The van der Waals surface area contributed by atoms with E-state index in [9.17, 15) is 14.3 Å². The molecule has 1 aliphatic rings. The number of hydrogen-bond acceptors (Lipinski definition) is 2. The van der Waals surface area contributed by atoms with Gasteiger partial charge in [-0.2, -0.15) is 0 Å². The van der Waals surface area contributed by atoms with E-state index in [0.29, 0.717) is 18.5 Å². The quantitative estimate of drug-likeness (QED) is 0.651. The normalized spacial score (nSPS) is 16.6. The van der Waals surface area contributed by atoms with E-state index >= 15 is 0 Å². The number of aryl methyl sites for hydroxylation is 1. The molecule has 1 amide bonds. The van der Waals surface area contributed by atoms with Gasteiger partial charge in [0, 0.05) is 12.1 Å². The zero-order chi connectivity index (χ0) is 20.4. The van der Waals surface area contributed by atoms with Crippen molar-refractivity contribution in [2.75, 3.05) is 6.54 Å². The summed E-state index contributed by atoms with van der Waals surface area (Å²) < 4.78 is 13.5. The topological polar surface area (TPSA) is 40.5 Å². The van der Waals surface area contributed by atoms with Crippen LogP contribution in [0.3, 0.4) is 0 Å². The van der Waals surface area contributed by atoms with Crippen LogP contribution >= 0.6 is 0 Å². The van der Waals surface area contributed by atoms with E-state index in [1.165, 1.54) is 12.1 Å². The number of halogens is 1. The van der Waals surface area contributed by atoms with E-state index < -0.39 is 11.9 Å². The van der Waals surface area contributed by atoms with Crippen LogP contribution in [0.5, 0.6) is 0 Å². The summed E-state index contributed by atoms with van der Waals surface area (Å²) in [4.78, 5) is 14.6. The van der Waals surface area contributed by atoms with Gasteiger partial charge in [0.2, 0.25) is 0 Å². The number of carbonyl (C=O) groups is 1. The summed E-state index contributed by atoms with van der Waals surface area (Å²) >= 11 is 0. The summed E-state index contributed by atoms with van der Waals surface area (Å²) in [6.45, 7) is 2.44. The van der Waals surface area contributed by atoms with Crippen LogP contribution in [-0.4, -0.2) is 22.5 Å². The van der Waals surface area contributed by atoms with Crippen molar-refractivity contribution in [1.82, 2.24) is 4.90 Å². The van der Waals surface area contributed by atoms with Gasteiger partial charge in [0.25, 0.3) is 5.91 Å². The molecule has 0 saturated carbocycles. The fourth-order valence-corrected chi connectivity index (χ4v) is 3.80. The van der Waals surface area contributed by atoms with Crippen molar-refractivity contribution in [3.05, 3.63) is 113 Å². The molecular weight excluding hydrogens is 365 g/mol. The van der Waals surface area contributed by atoms with E-state index in [1.54, 1.807) is 17.0 Å². The summed E-state index contributed by atoms with van der Waals surface area (Å²) in [6.07, 6.45) is 0.665. The van der Waals surface area contributed by atoms with Gasteiger partial charge in [0.15, 0.2) is 5.76 Å². The van der Waals surface area contributed by atoms with Crippen LogP contribution in [0.15, 0.2) is 84.6 Å². The molecule has 0 spiro atoms. The molecular formula is C25H22FNO2. The first kappa shape index (κ1) is 18.9. The lowest BCUT2D eigenvalue weighted by molar-refractivity contribution is -0.129. The fourth-order valence-electron chi connectivity index (χ4n) is 3.80. The lowest BCUT2D eigenvalue weighted by atomic mass is 9.93. The minimum absolute atomic E-state index is 0.240. The number of aliphatic hydroxyl groups excluding tert-OH is 1. The van der Waals surface area contributed by atoms with Gasteiger partial charge in [-0.3, -0.25) is 4.79 Å². The predicted molar refractivity (Wildman–Crippen MR) is 112 cm³/mol. The molecule has 0 aliphatic carbocycles. The van der Waals surface area contributed by atoms with Gasteiger partial charge in [0.05, 0.1) is 6.04 Å². The van der Waals surface area contributed by atoms with Crippen LogP contribution in [0.2, 0.25) is 0 Å². The van der Waals surface area contributed by atoms with Crippen LogP contribution in [-0.2, 0) is 11.2 Å². The maximum absolute atomic E-state index is 13.5. The maximum atomic E-state index is 13.5. The third-order valence-corrected chi connectivity index (χ3v) is 5.34. The lowest BCUT2D eigenvalue weighted by Gasteiger charge is -2.27. The van der Waals surface area contributed by atoms with Gasteiger partial charge in [0.1, 0.15) is 5.82 Å². The molecule has 146 valence electrons. The summed E-state index contributed by atoms with van der Waals surface area (Å²) in [6, 6.07) is 23.3. The lowest BCUT2D eigenvalue weighted by Crippen LogP contribution is -2.32. The molecule has 1 atom stereocenters. The van der Waals surface area contributed by atoms with Crippen molar-refractivity contribution in [3.63, 3.8) is 0 Å². The molecule has 1 aliphatic heterocycles. The SMILES string of the molecule is Cc1ccc(C2=C(O)C(=O)N(CCc3ccccc3)[C@@H]2c2ccc(F)cc2)cc1. The molecule has 0 fully saturated rings. The number of amides is 1. The van der Waals surface area contributed by atoms with Crippen molar-refractivity contribution in [2.24, 2.45) is 0 Å². The number of aliphatic hydroxyl groups is 1. The average Bonchev–Trinajstić information content (AvgIpc) is 2.99. The number of benzene rings is 3. The van der Waals surface area contributed by atoms with Gasteiger partial charge >= 0.3 is 0 Å². The predicted octanol–water partition coefficient (Wildman–Crippen LogP) is 5.23. The Bertz CT molecular complexity index is 1040. The maximum Gasteiger partial charge on any atom is 0.289 e. The second-order valence-corrected chi connectivity index (χ2v) is 7.32. The Morgan fingerprint density at radius 1 is 0.931 bits per heavy atom. The molecule has 29 heavy (non-hydrogen) atoms. The van der Waals surface area contributed by atoms with Gasteiger partial charge in [-0.05, 0) is 42.2 Å². The Kier molecular flexibility index (Phi) is 5.17. The zero-order valence-corrected chi connectivity index (χ0v) is 16.2. The van der Waals surface area contributed by atoms with E-state index in [0.717, 1.165) is 22.3 Å². The van der Waals surface area contributed by atoms with Crippen LogP contribution in [0.25, 0.3) is 5.57 Å². The Balaban J connectivity index is 1.73. The Hall–Kier alpha value is -3.40. The second kappa shape index (κ2) is 7.92. The van der Waals surface area contributed by atoms with Crippen LogP contribution in [0, 0.1) is 12.7 Å². The highest BCUT2D eigenvalue weighted by Crippen LogP contribution is 2.43. The molecule has 0 aromatic heterocycles. The smallest absolute Gasteiger partial charge is 0.289 e. The Labute approximate surface area is 169 Å². The van der Waals surface area contributed by atoms with Gasteiger partial charge in [-0.25, -0.2) is 4.39 Å². The number of carbonyl (C=O) groups excluding carboxylic acids is 1. The molecule has 0 bridgehead atoms. The van der Waals surface area contributed by atoms with Gasteiger partial charge in [-0.1, -0.05) is 72.3 Å². The van der Waals surface area contributed by atoms with E-state index in [4.69, 9.17) is 0 Å². The van der Waals surface area contributed by atoms with Crippen LogP contribution in [0.4, 0.5) is 4.39 Å². The average molecular weight is 387 g/mol. The highest BCUT2D eigenvalue weighted by Gasteiger charge is 2.40. The van der Waals surface area contributed by atoms with Crippen molar-refractivity contribution >= 4 is 11.5 Å². The summed E-state index contributed by atoms with van der Waals surface area (Å²) in [5.41, 5.74) is 4.33. The van der Waals surface area contributed by atoms with Crippen molar-refractivity contribution in [3.8, 4) is 0 Å². The second-order valence-electron chi connectivity index (χ2n) is 7.32. The molecule has 0 unspecified atom stereocenters. The molecule has 3 aromatic carbocycles. The fraction of sp³-hybridized carbons (Fsp3) is 0.160. The Morgan fingerprint density at radius 2 is 1.59 bits per heavy atom. The van der Waals surface area contributed by atoms with Gasteiger partial charge in [-0.15, -0.1) is 0 Å². The van der Waals surface area contributed by atoms with Crippen molar-refractivity contribution < 1.29 is 14.3 Å². The first-order chi connectivity index (χ1) is 14.0. The molecule has 4 rings (SSSR count). The highest BCUT2D eigenvalue weighted by atomic mass is 19.1. The standard InChI is InChI=1S/C25H22FNO2/c1-17-7-9-19(10-8-17)22-23(20-11-13-21(26)14-12-20)27(25(29)24(22)28)16-15-18-5-3-2-4-6-18/h2-14,23,28H,15-16H2,1H3/t23-/m1/s1. The van der Waals surface area contributed by atoms with E-state index in [-0.39, 0.29) is 11.6 Å². The third kappa shape index (κ3) is 3.79. The number of nitrogens with zero attached hydrogens (tertiary/aromatic N) is 1. The molecule has 3 nitrogen and oxygen atoms in total. The van der Waals surface area contributed by atoms with E-state index in [1.807, 2.05) is 61.5 Å². The molecule has 0 saturated heterocycles. The summed E-state index contributed by atoms with van der Waals surface area (Å²) in [5, 5.41) is 10.7. The number of rotatable bonds is 5. The Morgan fingerprint density at radius 3 is 2.24 bits per heavy atom. The minimum Gasteiger partial charge on any atom is -0.503 e. The molecule has 4 heteroatoms. The molecule has 3 aromatic rings. The number of hydrogen-bond donors (Lipinski definition) is 1. The van der Waals surface area contributed by atoms with Crippen molar-refractivity contribution in [1.29, 1.82) is 0 Å². The monoisotopic (exact) mass is 387 g/mol. The highest BCUT2D eigenvalue weighted by molar-refractivity contribution is 6.05.